The van der Waals surface area contributed by atoms with Gasteiger partial charge in [-0.15, -0.1) is 10.2 Å². The second-order valence-corrected chi connectivity index (χ2v) is 15.0. The van der Waals surface area contributed by atoms with Crippen molar-refractivity contribution in [1.29, 1.82) is 0 Å². The van der Waals surface area contributed by atoms with Crippen molar-refractivity contribution in [3.63, 3.8) is 0 Å². The average molecular weight is 781 g/mol. The molecule has 0 aliphatic carbocycles. The Morgan fingerprint density at radius 3 is 1.48 bits per heavy atom. The number of hydrogen-bond donors (Lipinski definition) is 0. The van der Waals surface area contributed by atoms with Gasteiger partial charge in [0.05, 0.1) is 5.69 Å². The highest BCUT2D eigenvalue weighted by atomic mass is 16.3. The maximum Gasteiger partial charge on any atom is 0.136 e. The molecule has 0 aliphatic heterocycles. The van der Waals surface area contributed by atoms with Gasteiger partial charge in [0.25, 0.3) is 0 Å². The molecule has 3 aromatic heterocycles. The van der Waals surface area contributed by atoms with E-state index in [4.69, 9.17) is 19.6 Å². The first-order valence-corrected chi connectivity index (χ1v) is 20.4. The minimum atomic E-state index is 0.709. The molecule has 8 aromatic carbocycles. The van der Waals surface area contributed by atoms with Crippen LogP contribution < -0.4 is 0 Å². The first kappa shape index (κ1) is 35.8. The topological polar surface area (TPSA) is 64.7 Å². The minimum absolute atomic E-state index is 0.709. The van der Waals surface area contributed by atoms with Crippen molar-refractivity contribution in [1.82, 2.24) is 20.4 Å². The zero-order valence-corrected chi connectivity index (χ0v) is 33.0. The van der Waals surface area contributed by atoms with Crippen LogP contribution >= 0.6 is 0 Å². The van der Waals surface area contributed by atoms with Crippen molar-refractivity contribution in [2.45, 2.75) is 0 Å². The van der Waals surface area contributed by atoms with Gasteiger partial charge < -0.3 is 4.42 Å². The summed E-state index contributed by atoms with van der Waals surface area (Å²) in [5.41, 5.74) is 16.8. The van der Waals surface area contributed by atoms with Gasteiger partial charge in [-0.05, 0) is 80.6 Å². The van der Waals surface area contributed by atoms with E-state index in [0.29, 0.717) is 5.69 Å². The number of para-hydroxylation sites is 1. The number of furan rings is 1. The lowest BCUT2D eigenvalue weighted by Crippen LogP contribution is -2.05. The first-order chi connectivity index (χ1) is 30.3. The number of hydrogen-bond acceptors (Lipinski definition) is 5. The molecule has 0 saturated carbocycles. The molecule has 0 amide bonds. The Morgan fingerprint density at radius 1 is 0.328 bits per heavy atom. The van der Waals surface area contributed by atoms with Crippen LogP contribution in [0.25, 0.3) is 111 Å². The molecule has 0 bridgehead atoms. The van der Waals surface area contributed by atoms with Crippen molar-refractivity contribution in [3.05, 3.63) is 219 Å². The van der Waals surface area contributed by atoms with Gasteiger partial charge in [-0.1, -0.05) is 176 Å². The molecule has 0 fully saturated rings. The number of nitrogens with zero attached hydrogens (tertiary/aromatic N) is 4. The van der Waals surface area contributed by atoms with Crippen molar-refractivity contribution in [2.24, 2.45) is 0 Å². The smallest absolute Gasteiger partial charge is 0.136 e. The summed E-state index contributed by atoms with van der Waals surface area (Å²) in [5, 5.41) is 16.7. The van der Waals surface area contributed by atoms with E-state index in [9.17, 15) is 0 Å². The van der Waals surface area contributed by atoms with Crippen LogP contribution in [0.2, 0.25) is 0 Å². The van der Waals surface area contributed by atoms with Crippen molar-refractivity contribution in [3.8, 4) is 89.4 Å². The van der Waals surface area contributed by atoms with Crippen LogP contribution in [0.3, 0.4) is 0 Å². The molecule has 0 radical (unpaired) electrons. The summed E-state index contributed by atoms with van der Waals surface area (Å²) < 4.78 is 6.72. The molecule has 0 N–H and O–H groups in total. The summed E-state index contributed by atoms with van der Waals surface area (Å²) in [4.78, 5) is 5.01. The lowest BCUT2D eigenvalue weighted by molar-refractivity contribution is 0.669. The maximum atomic E-state index is 6.72. The van der Waals surface area contributed by atoms with Gasteiger partial charge in [0.1, 0.15) is 22.6 Å². The number of pyridine rings is 1. The molecule has 0 aliphatic rings. The van der Waals surface area contributed by atoms with E-state index < -0.39 is 0 Å². The molecular weight excluding hydrogens is 745 g/mol. The van der Waals surface area contributed by atoms with E-state index in [1.54, 1.807) is 0 Å². The minimum Gasteiger partial charge on any atom is -0.456 e. The Kier molecular flexibility index (Phi) is 9.10. The second kappa shape index (κ2) is 15.5. The van der Waals surface area contributed by atoms with Gasteiger partial charge in [0.15, 0.2) is 0 Å². The van der Waals surface area contributed by atoms with Crippen LogP contribution in [0.4, 0.5) is 0 Å². The second-order valence-electron chi connectivity index (χ2n) is 15.0. The van der Waals surface area contributed by atoms with Crippen LogP contribution in [0.5, 0.6) is 0 Å². The molecule has 0 saturated heterocycles. The Labute approximate surface area is 353 Å². The fourth-order valence-corrected chi connectivity index (χ4v) is 8.76. The zero-order valence-electron chi connectivity index (χ0n) is 33.0. The Hall–Kier alpha value is -8.28. The molecule has 286 valence electrons. The quantitative estimate of drug-likeness (QED) is 0.154. The van der Waals surface area contributed by atoms with Gasteiger partial charge in [0.2, 0.25) is 0 Å². The molecule has 11 aromatic rings. The standard InChI is InChI=1S/C56H36N4O/c1-6-20-37(21-7-1)44-36-45(38-22-8-2-9-23-38)53(52-42(46-31-18-19-35-57-46)33-34-48-51(52)43-30-16-17-32-47(43)61-48)54(49(44)39-24-10-3-11-25-39)56-50(40-26-12-4-13-27-40)55(58-60-59-56)41-28-14-5-15-29-41/h1-36H. The van der Waals surface area contributed by atoms with E-state index in [0.717, 1.165) is 106 Å². The van der Waals surface area contributed by atoms with E-state index >= 15 is 0 Å². The first-order valence-electron chi connectivity index (χ1n) is 20.4. The highest BCUT2D eigenvalue weighted by Gasteiger charge is 2.31. The third-order valence-corrected chi connectivity index (χ3v) is 11.4. The molecular formula is C56H36N4O. The van der Waals surface area contributed by atoms with Crippen molar-refractivity contribution < 1.29 is 4.42 Å². The largest absolute Gasteiger partial charge is 0.456 e. The number of benzene rings is 8. The Morgan fingerprint density at radius 2 is 0.852 bits per heavy atom. The monoisotopic (exact) mass is 780 g/mol. The van der Waals surface area contributed by atoms with E-state index in [-0.39, 0.29) is 0 Å². The van der Waals surface area contributed by atoms with Crippen LogP contribution in [0.1, 0.15) is 0 Å². The van der Waals surface area contributed by atoms with Gasteiger partial charge in [-0.3, -0.25) is 4.98 Å². The predicted octanol–water partition coefficient (Wildman–Crippen LogP) is 14.5. The molecule has 5 heteroatoms. The van der Waals surface area contributed by atoms with Crippen LogP contribution in [-0.2, 0) is 0 Å². The molecule has 0 unspecified atom stereocenters. The van der Waals surface area contributed by atoms with E-state index in [1.807, 2.05) is 54.7 Å². The normalized spacial score (nSPS) is 11.3. The maximum absolute atomic E-state index is 6.72. The third-order valence-electron chi connectivity index (χ3n) is 11.4. The number of aromatic nitrogens is 4. The Bertz CT molecular complexity index is 3320. The van der Waals surface area contributed by atoms with Crippen molar-refractivity contribution in [2.75, 3.05) is 0 Å². The lowest BCUT2D eigenvalue weighted by Gasteiger charge is -2.26. The van der Waals surface area contributed by atoms with E-state index in [2.05, 4.69) is 169 Å². The van der Waals surface area contributed by atoms with Gasteiger partial charge in [-0.2, -0.15) is 0 Å². The summed E-state index contributed by atoms with van der Waals surface area (Å²) in [6.45, 7) is 0. The van der Waals surface area contributed by atoms with Crippen LogP contribution in [0, 0.1) is 0 Å². The predicted molar refractivity (Wildman–Crippen MR) is 248 cm³/mol. The fraction of sp³-hybridized carbons (Fsp3) is 0. The zero-order chi connectivity index (χ0) is 40.5. The summed E-state index contributed by atoms with van der Waals surface area (Å²) >= 11 is 0. The van der Waals surface area contributed by atoms with Gasteiger partial charge in [0, 0.05) is 50.4 Å². The van der Waals surface area contributed by atoms with Crippen LogP contribution in [0.15, 0.2) is 223 Å². The van der Waals surface area contributed by atoms with Gasteiger partial charge in [-0.25, -0.2) is 0 Å². The average Bonchev–Trinajstić information content (AvgIpc) is 3.73. The fourth-order valence-electron chi connectivity index (χ4n) is 8.76. The third kappa shape index (κ3) is 6.37. The van der Waals surface area contributed by atoms with Gasteiger partial charge >= 0.3 is 0 Å². The molecule has 5 nitrogen and oxygen atoms in total. The highest BCUT2D eigenvalue weighted by Crippen LogP contribution is 2.55. The number of rotatable bonds is 8. The van der Waals surface area contributed by atoms with Crippen LogP contribution in [-0.4, -0.2) is 20.4 Å². The molecule has 61 heavy (non-hydrogen) atoms. The summed E-state index contributed by atoms with van der Waals surface area (Å²) in [7, 11) is 0. The lowest BCUT2D eigenvalue weighted by atomic mass is 9.76. The Balaban J connectivity index is 1.44. The summed E-state index contributed by atoms with van der Waals surface area (Å²) in [6.07, 6.45) is 1.86. The molecule has 0 spiro atoms. The SMILES string of the molecule is c1ccc(-c2cc(-c3ccccc3)c(-c3c(-c4ccccn4)ccc4oc5ccccc5c34)c(-c3nnnc(-c4ccccc4)c3-c3ccccc3)c2-c2ccccc2)cc1. The highest BCUT2D eigenvalue weighted by molar-refractivity contribution is 6.21. The van der Waals surface area contributed by atoms with E-state index in [1.165, 1.54) is 0 Å². The molecule has 0 atom stereocenters. The number of fused-ring (bicyclic) bond motifs is 3. The summed E-state index contributed by atoms with van der Waals surface area (Å²) in [6, 6.07) is 73.7. The molecule has 11 rings (SSSR count). The summed E-state index contributed by atoms with van der Waals surface area (Å²) in [5.74, 6) is 0. The molecule has 3 heterocycles. The van der Waals surface area contributed by atoms with Crippen molar-refractivity contribution >= 4 is 21.9 Å².